The Morgan fingerprint density at radius 1 is 1.04 bits per heavy atom. The summed E-state index contributed by atoms with van der Waals surface area (Å²) in [4.78, 5) is 4.10. The van der Waals surface area contributed by atoms with E-state index in [1.54, 1.807) is 36.4 Å². The van der Waals surface area contributed by atoms with E-state index in [4.69, 9.17) is 4.42 Å². The SMILES string of the molecule is O=S(=O)(Cc1ccccc1F)N(Cc1ccco1)c1ccccn1. The van der Waals surface area contributed by atoms with Gasteiger partial charge < -0.3 is 4.42 Å². The lowest BCUT2D eigenvalue weighted by atomic mass is 10.2. The minimum Gasteiger partial charge on any atom is -0.467 e. The van der Waals surface area contributed by atoms with E-state index in [2.05, 4.69) is 4.98 Å². The van der Waals surface area contributed by atoms with Crippen molar-refractivity contribution in [3.05, 3.63) is 84.2 Å². The predicted octanol–water partition coefficient (Wildman–Crippen LogP) is 3.35. The zero-order chi connectivity index (χ0) is 17.0. The van der Waals surface area contributed by atoms with Crippen molar-refractivity contribution in [1.82, 2.24) is 4.98 Å². The van der Waals surface area contributed by atoms with Crippen LogP contribution < -0.4 is 4.31 Å². The standard InChI is InChI=1S/C17H15FN2O3S/c18-16-8-2-1-6-14(16)13-24(21,22)20(12-15-7-5-11-23-15)17-9-3-4-10-19-17/h1-11H,12-13H2. The third-order valence-electron chi connectivity index (χ3n) is 3.42. The zero-order valence-corrected chi connectivity index (χ0v) is 13.5. The fraction of sp³-hybridized carbons (Fsp3) is 0.118. The molecule has 24 heavy (non-hydrogen) atoms. The van der Waals surface area contributed by atoms with Crippen molar-refractivity contribution in [1.29, 1.82) is 0 Å². The van der Waals surface area contributed by atoms with Crippen LogP contribution >= 0.6 is 0 Å². The van der Waals surface area contributed by atoms with Crippen LogP contribution in [0.5, 0.6) is 0 Å². The van der Waals surface area contributed by atoms with Crippen LogP contribution in [0, 0.1) is 5.82 Å². The Morgan fingerprint density at radius 3 is 2.50 bits per heavy atom. The highest BCUT2D eigenvalue weighted by Gasteiger charge is 2.26. The Labute approximate surface area is 139 Å². The van der Waals surface area contributed by atoms with Crippen molar-refractivity contribution in [2.45, 2.75) is 12.3 Å². The molecule has 0 unspecified atom stereocenters. The maximum atomic E-state index is 13.8. The van der Waals surface area contributed by atoms with Gasteiger partial charge in [0.15, 0.2) is 0 Å². The van der Waals surface area contributed by atoms with Gasteiger partial charge in [-0.05, 0) is 30.3 Å². The highest BCUT2D eigenvalue weighted by Crippen LogP contribution is 2.22. The second-order valence-corrected chi connectivity index (χ2v) is 7.01. The molecule has 124 valence electrons. The molecule has 0 aliphatic rings. The first-order valence-electron chi connectivity index (χ1n) is 7.23. The van der Waals surface area contributed by atoms with Crippen LogP contribution in [-0.4, -0.2) is 13.4 Å². The van der Waals surface area contributed by atoms with Gasteiger partial charge in [0.1, 0.15) is 17.4 Å². The molecule has 0 fully saturated rings. The van der Waals surface area contributed by atoms with E-state index in [-0.39, 0.29) is 17.9 Å². The van der Waals surface area contributed by atoms with Crippen LogP contribution in [0.3, 0.4) is 0 Å². The summed E-state index contributed by atoms with van der Waals surface area (Å²) < 4.78 is 45.9. The van der Waals surface area contributed by atoms with Gasteiger partial charge in [-0.1, -0.05) is 24.3 Å². The van der Waals surface area contributed by atoms with Crippen molar-refractivity contribution >= 4 is 15.8 Å². The average Bonchev–Trinajstić information content (AvgIpc) is 3.08. The minimum atomic E-state index is -3.86. The molecule has 0 atom stereocenters. The third-order valence-corrected chi connectivity index (χ3v) is 5.08. The van der Waals surface area contributed by atoms with E-state index >= 15 is 0 Å². The summed E-state index contributed by atoms with van der Waals surface area (Å²) in [6.45, 7) is -0.0131. The number of benzene rings is 1. The van der Waals surface area contributed by atoms with Gasteiger partial charge in [0.25, 0.3) is 0 Å². The molecule has 3 aromatic rings. The molecule has 0 amide bonds. The maximum Gasteiger partial charge on any atom is 0.241 e. The van der Waals surface area contributed by atoms with Crippen molar-refractivity contribution in [3.8, 4) is 0 Å². The molecule has 0 aliphatic carbocycles. The van der Waals surface area contributed by atoms with Gasteiger partial charge in [-0.15, -0.1) is 0 Å². The van der Waals surface area contributed by atoms with E-state index < -0.39 is 21.6 Å². The first-order chi connectivity index (χ1) is 11.6. The second kappa shape index (κ2) is 6.84. The van der Waals surface area contributed by atoms with Crippen LogP contribution in [-0.2, 0) is 22.3 Å². The summed E-state index contributed by atoms with van der Waals surface area (Å²) in [6.07, 6.45) is 2.97. The van der Waals surface area contributed by atoms with Crippen molar-refractivity contribution in [3.63, 3.8) is 0 Å². The summed E-state index contributed by atoms with van der Waals surface area (Å²) in [6, 6.07) is 14.1. The highest BCUT2D eigenvalue weighted by molar-refractivity contribution is 7.92. The fourth-order valence-corrected chi connectivity index (χ4v) is 3.76. The molecule has 0 saturated carbocycles. The smallest absolute Gasteiger partial charge is 0.241 e. The van der Waals surface area contributed by atoms with Gasteiger partial charge in [-0.25, -0.2) is 22.1 Å². The van der Waals surface area contributed by atoms with E-state index in [0.717, 1.165) is 4.31 Å². The largest absolute Gasteiger partial charge is 0.467 e. The van der Waals surface area contributed by atoms with Gasteiger partial charge in [0.2, 0.25) is 10.0 Å². The maximum absolute atomic E-state index is 13.8. The van der Waals surface area contributed by atoms with Crippen LogP contribution in [0.4, 0.5) is 10.2 Å². The molecule has 0 aliphatic heterocycles. The summed E-state index contributed by atoms with van der Waals surface area (Å²) in [5.74, 6) is -0.292. The molecule has 0 saturated heterocycles. The lowest BCUT2D eigenvalue weighted by molar-refractivity contribution is 0.507. The number of nitrogens with zero attached hydrogens (tertiary/aromatic N) is 2. The van der Waals surface area contributed by atoms with E-state index in [0.29, 0.717) is 5.76 Å². The third kappa shape index (κ3) is 3.62. The Kier molecular flexibility index (Phi) is 4.61. The molecule has 5 nitrogen and oxygen atoms in total. The predicted molar refractivity (Wildman–Crippen MR) is 88.2 cm³/mol. The van der Waals surface area contributed by atoms with Crippen molar-refractivity contribution in [2.24, 2.45) is 0 Å². The number of rotatable bonds is 6. The van der Waals surface area contributed by atoms with Crippen LogP contribution in [0.15, 0.2) is 71.5 Å². The number of hydrogen-bond donors (Lipinski definition) is 0. The molecule has 0 radical (unpaired) electrons. The van der Waals surface area contributed by atoms with Crippen molar-refractivity contribution < 1.29 is 17.2 Å². The van der Waals surface area contributed by atoms with Crippen LogP contribution in [0.2, 0.25) is 0 Å². The summed E-state index contributed by atoms with van der Waals surface area (Å²) in [5, 5.41) is 0. The van der Waals surface area contributed by atoms with Gasteiger partial charge in [-0.2, -0.15) is 0 Å². The van der Waals surface area contributed by atoms with Gasteiger partial charge in [0.05, 0.1) is 18.6 Å². The lowest BCUT2D eigenvalue weighted by Crippen LogP contribution is -2.32. The normalized spacial score (nSPS) is 11.4. The average molecular weight is 346 g/mol. The molecule has 2 heterocycles. The number of anilines is 1. The molecule has 0 bridgehead atoms. The lowest BCUT2D eigenvalue weighted by Gasteiger charge is -2.22. The number of hydrogen-bond acceptors (Lipinski definition) is 4. The molecule has 0 N–H and O–H groups in total. The first kappa shape index (κ1) is 16.2. The van der Waals surface area contributed by atoms with Crippen molar-refractivity contribution in [2.75, 3.05) is 4.31 Å². The summed E-state index contributed by atoms with van der Waals surface area (Å²) >= 11 is 0. The quantitative estimate of drug-likeness (QED) is 0.687. The number of sulfonamides is 1. The molecular weight excluding hydrogens is 331 g/mol. The molecule has 1 aromatic carbocycles. The topological polar surface area (TPSA) is 63.4 Å². The van der Waals surface area contributed by atoms with Gasteiger partial charge >= 0.3 is 0 Å². The van der Waals surface area contributed by atoms with Crippen LogP contribution in [0.1, 0.15) is 11.3 Å². The molecule has 3 rings (SSSR count). The Hall–Kier alpha value is -2.67. The van der Waals surface area contributed by atoms with E-state index in [1.807, 2.05) is 0 Å². The molecule has 0 spiro atoms. The summed E-state index contributed by atoms with van der Waals surface area (Å²) in [5.41, 5.74) is 0.109. The van der Waals surface area contributed by atoms with E-state index in [9.17, 15) is 12.8 Å². The molecular formula is C17H15FN2O3S. The Bertz CT molecular complexity index is 897. The minimum absolute atomic E-state index is 0.0131. The summed E-state index contributed by atoms with van der Waals surface area (Å²) in [7, 11) is -3.86. The van der Waals surface area contributed by atoms with Gasteiger partial charge in [-0.3, -0.25) is 0 Å². The number of furan rings is 1. The highest BCUT2D eigenvalue weighted by atomic mass is 32.2. The first-order valence-corrected chi connectivity index (χ1v) is 8.84. The number of aromatic nitrogens is 1. The van der Waals surface area contributed by atoms with Crippen LogP contribution in [0.25, 0.3) is 0 Å². The monoisotopic (exact) mass is 346 g/mol. The number of pyridine rings is 1. The van der Waals surface area contributed by atoms with Gasteiger partial charge in [0, 0.05) is 11.8 Å². The Morgan fingerprint density at radius 2 is 1.83 bits per heavy atom. The fourth-order valence-electron chi connectivity index (χ4n) is 2.26. The van der Waals surface area contributed by atoms with E-state index in [1.165, 1.54) is 30.7 Å². The molecule has 7 heteroatoms. The zero-order valence-electron chi connectivity index (χ0n) is 12.7. The number of halogens is 1. The second-order valence-electron chi connectivity index (χ2n) is 5.12. The molecule has 2 aromatic heterocycles. The Balaban J connectivity index is 1.96.